The van der Waals surface area contributed by atoms with Crippen LogP contribution in [0.1, 0.15) is 5.56 Å². The van der Waals surface area contributed by atoms with Gasteiger partial charge in [0, 0.05) is 45.0 Å². The zero-order valence-corrected chi connectivity index (χ0v) is 10.8. The highest BCUT2D eigenvalue weighted by molar-refractivity contribution is 5.54. The van der Waals surface area contributed by atoms with Crippen LogP contribution in [0.2, 0.25) is 0 Å². The van der Waals surface area contributed by atoms with E-state index in [1.165, 1.54) is 11.3 Å². The fourth-order valence-electron chi connectivity index (χ4n) is 2.50. The van der Waals surface area contributed by atoms with Gasteiger partial charge in [-0.15, -0.1) is 0 Å². The van der Waals surface area contributed by atoms with Crippen LogP contribution in [-0.2, 0) is 6.42 Å². The van der Waals surface area contributed by atoms with Crippen molar-refractivity contribution in [1.29, 1.82) is 0 Å². The van der Waals surface area contributed by atoms with Gasteiger partial charge in [-0.25, -0.2) is 0 Å². The molecule has 2 rings (SSSR count). The van der Waals surface area contributed by atoms with E-state index in [0.29, 0.717) is 6.42 Å². The summed E-state index contributed by atoms with van der Waals surface area (Å²) >= 11 is 0. The molecule has 0 saturated carbocycles. The highest BCUT2D eigenvalue weighted by Gasteiger charge is 2.18. The molecule has 2 N–H and O–H groups in total. The first kappa shape index (κ1) is 13.3. The molecule has 0 atom stereocenters. The molecule has 0 aliphatic carbocycles. The van der Waals surface area contributed by atoms with Crippen molar-refractivity contribution in [2.45, 2.75) is 6.42 Å². The number of hydrogen-bond donors (Lipinski definition) is 2. The van der Waals surface area contributed by atoms with Crippen LogP contribution in [0.15, 0.2) is 24.3 Å². The van der Waals surface area contributed by atoms with Crippen molar-refractivity contribution in [2.75, 3.05) is 50.8 Å². The molecule has 18 heavy (non-hydrogen) atoms. The maximum atomic E-state index is 9.10. The maximum Gasteiger partial charge on any atom is 0.0558 e. The Morgan fingerprint density at radius 2 is 1.67 bits per heavy atom. The Kier molecular flexibility index (Phi) is 4.99. The van der Waals surface area contributed by atoms with Gasteiger partial charge in [0.2, 0.25) is 0 Å². The number of rotatable bonds is 5. The number of nitrogens with zero attached hydrogens (tertiary/aromatic N) is 2. The van der Waals surface area contributed by atoms with Crippen LogP contribution in [-0.4, -0.2) is 61.1 Å². The number of anilines is 1. The van der Waals surface area contributed by atoms with Crippen molar-refractivity contribution >= 4 is 5.69 Å². The Hall–Kier alpha value is -1.10. The average Bonchev–Trinajstić information content (AvgIpc) is 2.41. The first-order valence-corrected chi connectivity index (χ1v) is 6.62. The lowest BCUT2D eigenvalue weighted by molar-refractivity contribution is 0.188. The van der Waals surface area contributed by atoms with E-state index in [4.69, 9.17) is 10.2 Å². The minimum atomic E-state index is 0.196. The lowest BCUT2D eigenvalue weighted by Gasteiger charge is -2.36. The summed E-state index contributed by atoms with van der Waals surface area (Å²) in [4.78, 5) is 4.66. The zero-order chi connectivity index (χ0) is 12.8. The van der Waals surface area contributed by atoms with Gasteiger partial charge in [-0.1, -0.05) is 18.2 Å². The van der Waals surface area contributed by atoms with Crippen molar-refractivity contribution in [3.8, 4) is 0 Å². The largest absolute Gasteiger partial charge is 0.396 e. The molecule has 1 fully saturated rings. The van der Waals surface area contributed by atoms with Gasteiger partial charge in [-0.2, -0.15) is 0 Å². The van der Waals surface area contributed by atoms with E-state index in [1.807, 2.05) is 6.07 Å². The molecule has 4 nitrogen and oxygen atoms in total. The van der Waals surface area contributed by atoms with Gasteiger partial charge in [0.15, 0.2) is 0 Å². The number of benzene rings is 1. The summed E-state index contributed by atoms with van der Waals surface area (Å²) in [6, 6.07) is 8.30. The normalized spacial score (nSPS) is 17.1. The fourth-order valence-corrected chi connectivity index (χ4v) is 2.50. The Morgan fingerprint density at radius 3 is 2.33 bits per heavy atom. The molecule has 1 aromatic rings. The second-order valence-corrected chi connectivity index (χ2v) is 4.65. The Balaban J connectivity index is 2.00. The SMILES string of the molecule is OCCc1ccccc1N1CCN(CCO)CC1. The van der Waals surface area contributed by atoms with Crippen LogP contribution in [0, 0.1) is 0 Å². The maximum absolute atomic E-state index is 9.10. The van der Waals surface area contributed by atoms with Crippen molar-refractivity contribution in [1.82, 2.24) is 4.90 Å². The van der Waals surface area contributed by atoms with Crippen LogP contribution in [0.4, 0.5) is 5.69 Å². The molecular formula is C14H22N2O2. The summed E-state index contributed by atoms with van der Waals surface area (Å²) in [6.07, 6.45) is 0.715. The van der Waals surface area contributed by atoms with E-state index < -0.39 is 0 Å². The Labute approximate surface area is 108 Å². The fraction of sp³-hybridized carbons (Fsp3) is 0.571. The third-order valence-electron chi connectivity index (χ3n) is 3.50. The van der Waals surface area contributed by atoms with E-state index in [-0.39, 0.29) is 13.2 Å². The number of hydrogen-bond acceptors (Lipinski definition) is 4. The first-order chi connectivity index (χ1) is 8.85. The molecule has 1 aromatic carbocycles. The standard InChI is InChI=1S/C14H22N2O2/c17-11-5-13-3-1-2-4-14(13)16-8-6-15(7-9-16)10-12-18/h1-4,17-18H,5-12H2. The minimum Gasteiger partial charge on any atom is -0.396 e. The molecule has 4 heteroatoms. The number of aliphatic hydroxyl groups is 2. The molecule has 1 aliphatic heterocycles. The van der Waals surface area contributed by atoms with E-state index in [1.54, 1.807) is 0 Å². The van der Waals surface area contributed by atoms with Gasteiger partial charge in [0.25, 0.3) is 0 Å². The molecule has 0 aromatic heterocycles. The monoisotopic (exact) mass is 250 g/mol. The molecule has 100 valence electrons. The average molecular weight is 250 g/mol. The summed E-state index contributed by atoms with van der Waals surface area (Å²) in [5, 5.41) is 18.0. The molecule has 0 bridgehead atoms. The van der Waals surface area contributed by atoms with Crippen molar-refractivity contribution in [3.63, 3.8) is 0 Å². The number of β-amino-alcohol motifs (C(OH)–C–C–N with tert-alkyl or cyclic N) is 1. The second-order valence-electron chi connectivity index (χ2n) is 4.65. The quantitative estimate of drug-likeness (QED) is 0.791. The van der Waals surface area contributed by atoms with Gasteiger partial charge < -0.3 is 15.1 Å². The Morgan fingerprint density at radius 1 is 0.944 bits per heavy atom. The number of piperazine rings is 1. The van der Waals surface area contributed by atoms with E-state index in [2.05, 4.69) is 28.0 Å². The predicted molar refractivity (Wildman–Crippen MR) is 73.0 cm³/mol. The summed E-state index contributed by atoms with van der Waals surface area (Å²) in [7, 11) is 0. The molecule has 1 saturated heterocycles. The van der Waals surface area contributed by atoms with Gasteiger partial charge in [-0.3, -0.25) is 4.90 Å². The van der Waals surface area contributed by atoms with Crippen LogP contribution >= 0.6 is 0 Å². The summed E-state index contributed by atoms with van der Waals surface area (Å²) in [5.41, 5.74) is 2.46. The lowest BCUT2D eigenvalue weighted by atomic mass is 10.1. The smallest absolute Gasteiger partial charge is 0.0558 e. The van der Waals surface area contributed by atoms with Gasteiger partial charge in [0.05, 0.1) is 6.61 Å². The highest BCUT2D eigenvalue weighted by Crippen LogP contribution is 2.22. The predicted octanol–water partition coefficient (Wildman–Crippen LogP) is 0.336. The molecule has 1 aliphatic rings. The molecule has 0 radical (unpaired) electrons. The Bertz CT molecular complexity index is 363. The molecular weight excluding hydrogens is 228 g/mol. The number of para-hydroxylation sites is 1. The molecule has 1 heterocycles. The first-order valence-electron chi connectivity index (χ1n) is 6.62. The highest BCUT2D eigenvalue weighted by atomic mass is 16.3. The summed E-state index contributed by atoms with van der Waals surface area (Å²) < 4.78 is 0. The lowest BCUT2D eigenvalue weighted by Crippen LogP contribution is -2.47. The minimum absolute atomic E-state index is 0.196. The van der Waals surface area contributed by atoms with Gasteiger partial charge >= 0.3 is 0 Å². The van der Waals surface area contributed by atoms with Crippen molar-refractivity contribution in [3.05, 3.63) is 29.8 Å². The van der Waals surface area contributed by atoms with Crippen LogP contribution in [0.3, 0.4) is 0 Å². The summed E-state index contributed by atoms with van der Waals surface area (Å²) in [5.74, 6) is 0. The van der Waals surface area contributed by atoms with Crippen LogP contribution in [0.25, 0.3) is 0 Å². The zero-order valence-electron chi connectivity index (χ0n) is 10.8. The van der Waals surface area contributed by atoms with E-state index in [9.17, 15) is 0 Å². The topological polar surface area (TPSA) is 46.9 Å². The molecule has 0 amide bonds. The van der Waals surface area contributed by atoms with Gasteiger partial charge in [0.1, 0.15) is 0 Å². The van der Waals surface area contributed by atoms with Crippen LogP contribution in [0.5, 0.6) is 0 Å². The second kappa shape index (κ2) is 6.73. The van der Waals surface area contributed by atoms with E-state index >= 15 is 0 Å². The summed E-state index contributed by atoms with van der Waals surface area (Å²) in [6.45, 7) is 5.17. The van der Waals surface area contributed by atoms with Crippen molar-refractivity contribution in [2.24, 2.45) is 0 Å². The molecule has 0 unspecified atom stereocenters. The van der Waals surface area contributed by atoms with E-state index in [0.717, 1.165) is 32.7 Å². The number of aliphatic hydroxyl groups excluding tert-OH is 2. The van der Waals surface area contributed by atoms with Gasteiger partial charge in [-0.05, 0) is 18.1 Å². The molecule has 0 spiro atoms. The third kappa shape index (κ3) is 3.22. The third-order valence-corrected chi connectivity index (χ3v) is 3.50. The van der Waals surface area contributed by atoms with Crippen molar-refractivity contribution < 1.29 is 10.2 Å². The van der Waals surface area contributed by atoms with Crippen LogP contribution < -0.4 is 4.90 Å².